The van der Waals surface area contributed by atoms with E-state index in [4.69, 9.17) is 32.4 Å². The number of carbonyl (C=O) groups is 2. The fourth-order valence-electron chi connectivity index (χ4n) is 2.37. The van der Waals surface area contributed by atoms with Gasteiger partial charge in [0.1, 0.15) is 10.6 Å². The van der Waals surface area contributed by atoms with Crippen LogP contribution < -0.4 is 10.7 Å². The van der Waals surface area contributed by atoms with Crippen LogP contribution in [0.3, 0.4) is 0 Å². The monoisotopic (exact) mass is 446 g/mol. The summed E-state index contributed by atoms with van der Waals surface area (Å²) in [4.78, 5) is 28.2. The normalized spacial score (nSPS) is 10.8. The molecule has 0 radical (unpaired) electrons. The molecule has 2 aromatic heterocycles. The van der Waals surface area contributed by atoms with Gasteiger partial charge in [-0.2, -0.15) is 5.10 Å². The molecule has 1 amide bonds. The Morgan fingerprint density at radius 3 is 2.53 bits per heavy atom. The molecule has 0 saturated carbocycles. The summed E-state index contributed by atoms with van der Waals surface area (Å²) in [7, 11) is 0. The van der Waals surface area contributed by atoms with Crippen LogP contribution in [0.4, 0.5) is 11.6 Å². The molecule has 0 aliphatic heterocycles. The Morgan fingerprint density at radius 2 is 1.87 bits per heavy atom. The number of hydrogen-bond donors (Lipinski definition) is 2. The molecule has 10 heteroatoms. The summed E-state index contributed by atoms with van der Waals surface area (Å²) in [5, 5.41) is 7.34. The van der Waals surface area contributed by atoms with Crippen molar-refractivity contribution in [3.05, 3.63) is 75.7 Å². The first-order chi connectivity index (χ1) is 14.5. The number of hydrogen-bond acceptors (Lipinski definition) is 7. The molecule has 3 aromatic rings. The highest BCUT2D eigenvalue weighted by Crippen LogP contribution is 2.34. The zero-order valence-corrected chi connectivity index (χ0v) is 17.2. The molecule has 0 spiro atoms. The van der Waals surface area contributed by atoms with E-state index in [9.17, 15) is 9.59 Å². The number of nitrogens with one attached hydrogen (secondary N) is 2. The Labute approximate surface area is 181 Å². The predicted molar refractivity (Wildman–Crippen MR) is 114 cm³/mol. The number of esters is 1. The zero-order chi connectivity index (χ0) is 21.5. The Kier molecular flexibility index (Phi) is 7.05. The van der Waals surface area contributed by atoms with Gasteiger partial charge in [0, 0.05) is 28.7 Å². The maximum absolute atomic E-state index is 12.4. The molecule has 0 unspecified atom stereocenters. The fourth-order valence-corrected chi connectivity index (χ4v) is 2.74. The van der Waals surface area contributed by atoms with E-state index in [0.717, 1.165) is 0 Å². The van der Waals surface area contributed by atoms with Gasteiger partial charge in [-0.1, -0.05) is 23.2 Å². The average molecular weight is 447 g/mol. The number of pyridine rings is 1. The van der Waals surface area contributed by atoms with Gasteiger partial charge in [0.2, 0.25) is 5.88 Å². The number of nitrogens with zero attached hydrogens (tertiary/aromatic N) is 2. The lowest BCUT2D eigenvalue weighted by atomic mass is 10.2. The molecule has 1 aromatic carbocycles. The summed E-state index contributed by atoms with van der Waals surface area (Å²) in [6.45, 7) is 1.83. The van der Waals surface area contributed by atoms with Crippen LogP contribution in [-0.4, -0.2) is 29.7 Å². The second kappa shape index (κ2) is 9.91. The molecular weight excluding hydrogens is 431 g/mol. The Morgan fingerprint density at radius 1 is 1.17 bits per heavy atom. The largest absolute Gasteiger partial charge is 0.462 e. The fraction of sp³-hybridized carbons (Fsp3) is 0.100. The Balaban J connectivity index is 1.84. The van der Waals surface area contributed by atoms with Crippen molar-refractivity contribution in [2.24, 2.45) is 5.10 Å². The van der Waals surface area contributed by atoms with Crippen LogP contribution in [0.1, 0.15) is 33.4 Å². The van der Waals surface area contributed by atoms with Crippen molar-refractivity contribution >= 4 is 52.9 Å². The first-order valence-electron chi connectivity index (χ1n) is 8.75. The van der Waals surface area contributed by atoms with Gasteiger partial charge in [0.05, 0.1) is 12.8 Å². The minimum Gasteiger partial charge on any atom is -0.462 e. The maximum atomic E-state index is 12.4. The van der Waals surface area contributed by atoms with E-state index >= 15 is 0 Å². The van der Waals surface area contributed by atoms with Gasteiger partial charge in [-0.25, -0.2) is 10.2 Å². The van der Waals surface area contributed by atoms with Gasteiger partial charge in [-0.15, -0.1) is 0 Å². The molecule has 30 heavy (non-hydrogen) atoms. The van der Waals surface area contributed by atoms with Gasteiger partial charge in [0.15, 0.2) is 5.76 Å². The number of halogens is 2. The second-order valence-corrected chi connectivity index (χ2v) is 6.59. The van der Waals surface area contributed by atoms with Crippen LogP contribution in [0.15, 0.2) is 58.3 Å². The van der Waals surface area contributed by atoms with Crippen LogP contribution in [0.2, 0.25) is 10.0 Å². The minimum atomic E-state index is -0.664. The number of hydrazone groups is 1. The number of aromatic nitrogens is 1. The number of rotatable bonds is 7. The summed E-state index contributed by atoms with van der Waals surface area (Å²) in [6.07, 6.45) is 4.17. The molecule has 8 nitrogen and oxygen atoms in total. The summed E-state index contributed by atoms with van der Waals surface area (Å²) < 4.78 is 10.7. The highest BCUT2D eigenvalue weighted by Gasteiger charge is 2.25. The lowest BCUT2D eigenvalue weighted by Crippen LogP contribution is -2.17. The Bertz CT molecular complexity index is 1070. The molecular formula is C20H16Cl2N4O4. The average Bonchev–Trinajstić information content (AvgIpc) is 3.05. The third-order valence-corrected chi connectivity index (χ3v) is 4.37. The highest BCUT2D eigenvalue weighted by atomic mass is 35.5. The zero-order valence-electron chi connectivity index (χ0n) is 15.7. The summed E-state index contributed by atoms with van der Waals surface area (Å²) >= 11 is 12.2. The first-order valence-corrected chi connectivity index (χ1v) is 9.50. The van der Waals surface area contributed by atoms with E-state index in [2.05, 4.69) is 20.8 Å². The third-order valence-electron chi connectivity index (χ3n) is 3.75. The molecule has 0 atom stereocenters. The minimum absolute atomic E-state index is 0.00757. The van der Waals surface area contributed by atoms with Crippen LogP contribution in [0.25, 0.3) is 0 Å². The van der Waals surface area contributed by atoms with Crippen molar-refractivity contribution < 1.29 is 18.7 Å². The molecule has 0 bridgehead atoms. The molecule has 2 heterocycles. The van der Waals surface area contributed by atoms with Crippen LogP contribution in [-0.2, 0) is 4.74 Å². The quantitative estimate of drug-likeness (QED) is 0.310. The molecule has 0 saturated heterocycles. The molecule has 0 aliphatic carbocycles. The molecule has 154 valence electrons. The highest BCUT2D eigenvalue weighted by molar-refractivity contribution is 6.36. The summed E-state index contributed by atoms with van der Waals surface area (Å²) in [5.74, 6) is -0.974. The van der Waals surface area contributed by atoms with Gasteiger partial charge in [-0.05, 0) is 43.3 Å². The predicted octanol–water partition coefficient (Wildman–Crippen LogP) is 4.67. The summed E-state index contributed by atoms with van der Waals surface area (Å²) in [5.41, 5.74) is 3.35. The van der Waals surface area contributed by atoms with Crippen LogP contribution >= 0.6 is 23.2 Å². The summed E-state index contributed by atoms with van der Waals surface area (Å²) in [6, 6.07) is 9.84. The van der Waals surface area contributed by atoms with Crippen molar-refractivity contribution in [2.45, 2.75) is 6.92 Å². The smallest absolute Gasteiger partial charge is 0.345 e. The van der Waals surface area contributed by atoms with Crippen LogP contribution in [0.5, 0.6) is 0 Å². The third kappa shape index (κ3) is 5.16. The number of benzene rings is 1. The maximum Gasteiger partial charge on any atom is 0.345 e. The number of anilines is 2. The number of ether oxygens (including phenoxy) is 1. The number of amides is 1. The lowest BCUT2D eigenvalue weighted by molar-refractivity contribution is 0.0527. The number of furan rings is 1. The van der Waals surface area contributed by atoms with Gasteiger partial charge in [-0.3, -0.25) is 9.78 Å². The molecule has 0 aliphatic rings. The molecule has 0 fully saturated rings. The molecule has 2 N–H and O–H groups in total. The van der Waals surface area contributed by atoms with E-state index in [1.54, 1.807) is 31.2 Å². The Hall–Kier alpha value is -3.36. The SMILES string of the molecule is CCOC(=O)c1c(Nc2ccc(Cl)cc2)oc(/C=N\NC(=O)c2ccncc2)c1Cl. The van der Waals surface area contributed by atoms with Gasteiger partial charge in [0.25, 0.3) is 5.91 Å². The first kappa shape index (κ1) is 21.4. The van der Waals surface area contributed by atoms with Gasteiger partial charge >= 0.3 is 5.97 Å². The van der Waals surface area contributed by atoms with Crippen molar-refractivity contribution in [1.29, 1.82) is 0 Å². The van der Waals surface area contributed by atoms with Gasteiger partial charge < -0.3 is 14.5 Å². The molecule has 3 rings (SSSR count). The van der Waals surface area contributed by atoms with E-state index in [-0.39, 0.29) is 28.8 Å². The van der Waals surface area contributed by atoms with E-state index < -0.39 is 11.9 Å². The standard InChI is InChI=1S/C20H16Cl2N4O4/c1-2-29-20(28)16-17(22)15(11-24-26-18(27)12-7-9-23-10-8-12)30-19(16)25-14-5-3-13(21)4-6-14/h3-11,25H,2H2,1H3,(H,26,27)/b24-11-. The lowest BCUT2D eigenvalue weighted by Gasteiger charge is -2.06. The van der Waals surface area contributed by atoms with E-state index in [0.29, 0.717) is 16.3 Å². The number of carbonyl (C=O) groups excluding carboxylic acids is 2. The van der Waals surface area contributed by atoms with Crippen molar-refractivity contribution in [3.63, 3.8) is 0 Å². The van der Waals surface area contributed by atoms with Crippen molar-refractivity contribution in [3.8, 4) is 0 Å². The van der Waals surface area contributed by atoms with E-state index in [1.807, 2.05) is 0 Å². The van der Waals surface area contributed by atoms with Crippen molar-refractivity contribution in [2.75, 3.05) is 11.9 Å². The topological polar surface area (TPSA) is 106 Å². The van der Waals surface area contributed by atoms with Crippen molar-refractivity contribution in [1.82, 2.24) is 10.4 Å². The second-order valence-electron chi connectivity index (χ2n) is 5.77. The van der Waals surface area contributed by atoms with Crippen LogP contribution in [0, 0.1) is 0 Å². The van der Waals surface area contributed by atoms with E-state index in [1.165, 1.54) is 30.7 Å².